The molecule has 0 atom stereocenters. The molecule has 2 aromatic rings. The number of hydrogen-bond donors (Lipinski definition) is 1. The number of benzene rings is 2. The van der Waals surface area contributed by atoms with Gasteiger partial charge >= 0.3 is 11.9 Å². The van der Waals surface area contributed by atoms with Gasteiger partial charge in [0.25, 0.3) is 0 Å². The average molecular weight is 369 g/mol. The number of carboxylic acids is 1. The number of carbonyl (C=O) groups is 2. The van der Waals surface area contributed by atoms with Crippen LogP contribution in [0.3, 0.4) is 0 Å². The van der Waals surface area contributed by atoms with Crippen LogP contribution >= 0.6 is 0 Å². The van der Waals surface area contributed by atoms with Gasteiger partial charge in [-0.2, -0.15) is 0 Å². The highest BCUT2D eigenvalue weighted by Crippen LogP contribution is 2.40. The van der Waals surface area contributed by atoms with Crippen molar-refractivity contribution in [3.63, 3.8) is 0 Å². The first-order chi connectivity index (χ1) is 12.7. The lowest BCUT2D eigenvalue weighted by molar-refractivity contribution is 0.00693. The van der Waals surface area contributed by atoms with Crippen LogP contribution in [0.2, 0.25) is 0 Å². The first-order valence-electron chi connectivity index (χ1n) is 8.78. The van der Waals surface area contributed by atoms with Gasteiger partial charge in [-0.1, -0.05) is 0 Å². The maximum absolute atomic E-state index is 12.2. The quantitative estimate of drug-likeness (QED) is 0.818. The molecule has 27 heavy (non-hydrogen) atoms. The Bertz CT molecular complexity index is 881. The Hall–Kier alpha value is -3.02. The molecule has 1 aliphatic rings. The van der Waals surface area contributed by atoms with Crippen LogP contribution < -0.4 is 9.64 Å². The molecule has 6 heteroatoms. The fourth-order valence-corrected chi connectivity index (χ4v) is 3.05. The Morgan fingerprint density at radius 2 is 1.78 bits per heavy atom. The number of fused-ring (bicyclic) bond motifs is 1. The van der Waals surface area contributed by atoms with Gasteiger partial charge in [0.2, 0.25) is 0 Å². The molecule has 0 aliphatic carbocycles. The summed E-state index contributed by atoms with van der Waals surface area (Å²) in [6.07, 6.45) is 0. The number of carboxylic acid groups (broad SMARTS) is 1. The maximum atomic E-state index is 12.2. The minimum absolute atomic E-state index is 0.232. The minimum atomic E-state index is -0.974. The van der Waals surface area contributed by atoms with E-state index in [1.54, 1.807) is 31.2 Å². The second-order valence-corrected chi connectivity index (χ2v) is 7.44. The van der Waals surface area contributed by atoms with Crippen LogP contribution in [0.5, 0.6) is 5.75 Å². The molecule has 2 aromatic carbocycles. The molecule has 1 N–H and O–H groups in total. The van der Waals surface area contributed by atoms with Gasteiger partial charge < -0.3 is 19.5 Å². The third-order valence-electron chi connectivity index (χ3n) is 4.28. The number of nitrogens with zero attached hydrogens (tertiary/aromatic N) is 1. The summed E-state index contributed by atoms with van der Waals surface area (Å²) >= 11 is 0. The second kappa shape index (κ2) is 6.95. The number of anilines is 2. The lowest BCUT2D eigenvalue weighted by Crippen LogP contribution is -2.29. The highest BCUT2D eigenvalue weighted by atomic mass is 16.6. The second-order valence-electron chi connectivity index (χ2n) is 7.44. The summed E-state index contributed by atoms with van der Waals surface area (Å²) in [5, 5.41) is 9.30. The Labute approximate surface area is 158 Å². The van der Waals surface area contributed by atoms with E-state index >= 15 is 0 Å². The van der Waals surface area contributed by atoms with Gasteiger partial charge in [-0.25, -0.2) is 9.59 Å². The third-order valence-corrected chi connectivity index (χ3v) is 4.28. The number of rotatable bonds is 3. The van der Waals surface area contributed by atoms with E-state index < -0.39 is 11.6 Å². The van der Waals surface area contributed by atoms with Crippen LogP contribution in [0.4, 0.5) is 11.4 Å². The molecule has 0 unspecified atom stereocenters. The van der Waals surface area contributed by atoms with E-state index in [9.17, 15) is 14.7 Å². The van der Waals surface area contributed by atoms with Crippen molar-refractivity contribution in [2.45, 2.75) is 33.3 Å². The largest absolute Gasteiger partial charge is 0.489 e. The summed E-state index contributed by atoms with van der Waals surface area (Å²) in [6, 6.07) is 10.5. The third kappa shape index (κ3) is 3.89. The van der Waals surface area contributed by atoms with Crippen molar-refractivity contribution >= 4 is 23.3 Å². The smallest absolute Gasteiger partial charge is 0.338 e. The van der Waals surface area contributed by atoms with Gasteiger partial charge in [-0.3, -0.25) is 0 Å². The first kappa shape index (κ1) is 18.8. The highest BCUT2D eigenvalue weighted by molar-refractivity contribution is 5.92. The van der Waals surface area contributed by atoms with Crippen LogP contribution in [0.15, 0.2) is 36.4 Å². The molecular formula is C21H23NO5. The fraction of sp³-hybridized carbons (Fsp3) is 0.333. The molecule has 0 bridgehead atoms. The number of hydrogen-bond acceptors (Lipinski definition) is 5. The van der Waals surface area contributed by atoms with Crippen molar-refractivity contribution in [1.29, 1.82) is 0 Å². The Morgan fingerprint density at radius 1 is 1.11 bits per heavy atom. The summed E-state index contributed by atoms with van der Waals surface area (Å²) in [6.45, 7) is 8.32. The number of carbonyl (C=O) groups excluding carboxylic acids is 1. The lowest BCUT2D eigenvalue weighted by Gasteiger charge is -2.32. The molecule has 0 spiro atoms. The summed E-state index contributed by atoms with van der Waals surface area (Å²) in [5.41, 5.74) is 2.49. The molecule has 0 fully saturated rings. The zero-order valence-electron chi connectivity index (χ0n) is 15.9. The summed E-state index contributed by atoms with van der Waals surface area (Å²) in [5.74, 6) is -0.756. The molecule has 142 valence electrons. The fourth-order valence-electron chi connectivity index (χ4n) is 3.05. The highest BCUT2D eigenvalue weighted by Gasteiger charge is 2.25. The first-order valence-corrected chi connectivity index (χ1v) is 8.78. The van der Waals surface area contributed by atoms with E-state index in [-0.39, 0.29) is 11.5 Å². The van der Waals surface area contributed by atoms with Crippen molar-refractivity contribution in [3.05, 3.63) is 53.1 Å². The van der Waals surface area contributed by atoms with Crippen LogP contribution in [-0.2, 0) is 4.74 Å². The topological polar surface area (TPSA) is 76.1 Å². The van der Waals surface area contributed by atoms with Crippen LogP contribution in [0.25, 0.3) is 0 Å². The van der Waals surface area contributed by atoms with Crippen molar-refractivity contribution in [1.82, 2.24) is 0 Å². The van der Waals surface area contributed by atoms with Crippen LogP contribution in [0, 0.1) is 6.92 Å². The number of esters is 1. The normalized spacial score (nSPS) is 13.6. The lowest BCUT2D eigenvalue weighted by atomic mass is 10.0. The molecule has 1 aliphatic heterocycles. The summed E-state index contributed by atoms with van der Waals surface area (Å²) < 4.78 is 11.1. The number of aromatic carboxylic acids is 1. The van der Waals surface area contributed by atoms with Crippen molar-refractivity contribution in [3.8, 4) is 5.75 Å². The van der Waals surface area contributed by atoms with Crippen LogP contribution in [-0.4, -0.2) is 35.8 Å². The standard InChI is InChI=1S/C21H23NO5/c1-13-16(19(23)24)9-10-17-18(13)26-12-11-22(17)15-7-5-14(6-8-15)20(25)27-21(2,3)4/h5-10H,11-12H2,1-4H3,(H,23,24). The molecule has 0 amide bonds. The Kier molecular flexibility index (Phi) is 4.83. The molecule has 1 heterocycles. The van der Waals surface area contributed by atoms with Gasteiger partial charge in [0.05, 0.1) is 23.4 Å². The Morgan fingerprint density at radius 3 is 2.37 bits per heavy atom. The zero-order valence-corrected chi connectivity index (χ0v) is 15.9. The van der Waals surface area contributed by atoms with Crippen molar-refractivity contribution < 1.29 is 24.2 Å². The summed E-state index contributed by atoms with van der Waals surface area (Å²) in [7, 11) is 0. The van der Waals surface area contributed by atoms with E-state index in [1.807, 2.05) is 32.9 Å². The van der Waals surface area contributed by atoms with E-state index in [4.69, 9.17) is 9.47 Å². The molecule has 0 saturated carbocycles. The molecule has 6 nitrogen and oxygen atoms in total. The Balaban J connectivity index is 1.90. The average Bonchev–Trinajstić information content (AvgIpc) is 2.60. The predicted octanol–water partition coefficient (Wildman–Crippen LogP) is 4.18. The molecule has 0 radical (unpaired) electrons. The summed E-state index contributed by atoms with van der Waals surface area (Å²) in [4.78, 5) is 25.6. The van der Waals surface area contributed by atoms with Gasteiger partial charge in [0.1, 0.15) is 18.0 Å². The van der Waals surface area contributed by atoms with E-state index in [0.29, 0.717) is 30.0 Å². The number of ether oxygens (including phenoxy) is 2. The predicted molar refractivity (Wildman–Crippen MR) is 102 cm³/mol. The maximum Gasteiger partial charge on any atom is 0.338 e. The van der Waals surface area contributed by atoms with E-state index in [1.165, 1.54) is 0 Å². The molecule has 0 saturated heterocycles. The van der Waals surface area contributed by atoms with Gasteiger partial charge in [-0.05, 0) is 64.1 Å². The van der Waals surface area contributed by atoms with Crippen molar-refractivity contribution in [2.75, 3.05) is 18.1 Å². The van der Waals surface area contributed by atoms with Gasteiger partial charge in [0.15, 0.2) is 0 Å². The van der Waals surface area contributed by atoms with Gasteiger partial charge in [-0.15, -0.1) is 0 Å². The van der Waals surface area contributed by atoms with Crippen molar-refractivity contribution in [2.24, 2.45) is 0 Å². The van der Waals surface area contributed by atoms with Gasteiger partial charge in [0, 0.05) is 11.3 Å². The SMILES string of the molecule is Cc1c(C(=O)O)ccc2c1OCCN2c1ccc(C(=O)OC(C)(C)C)cc1. The van der Waals surface area contributed by atoms with E-state index in [2.05, 4.69) is 4.90 Å². The molecule has 3 rings (SSSR count). The monoisotopic (exact) mass is 369 g/mol. The molecular weight excluding hydrogens is 346 g/mol. The molecule has 0 aromatic heterocycles. The van der Waals surface area contributed by atoms with E-state index in [0.717, 1.165) is 11.4 Å². The zero-order chi connectivity index (χ0) is 19.8. The minimum Gasteiger partial charge on any atom is -0.489 e. The van der Waals surface area contributed by atoms with Crippen LogP contribution in [0.1, 0.15) is 47.1 Å².